The second kappa shape index (κ2) is 11.3. The number of fused-ring (bicyclic) bond motifs is 2. The highest BCUT2D eigenvalue weighted by Crippen LogP contribution is 2.58. The quantitative estimate of drug-likeness (QED) is 0.262. The van der Waals surface area contributed by atoms with Crippen molar-refractivity contribution in [3.63, 3.8) is 0 Å². The molecule has 1 N–H and O–H groups in total. The topological polar surface area (TPSA) is 91.7 Å². The van der Waals surface area contributed by atoms with Gasteiger partial charge in [0.2, 0.25) is 0 Å². The van der Waals surface area contributed by atoms with Crippen LogP contribution in [0.15, 0.2) is 67.0 Å². The number of aliphatic carboxylic acids is 1. The number of aromatic nitrogens is 3. The summed E-state index contributed by atoms with van der Waals surface area (Å²) in [4.78, 5) is 30.5. The molecule has 44 heavy (non-hydrogen) atoms. The number of ether oxygens (including phenoxy) is 1. The summed E-state index contributed by atoms with van der Waals surface area (Å²) in [5.41, 5.74) is 8.67. The highest BCUT2D eigenvalue weighted by atomic mass is 16.5. The van der Waals surface area contributed by atoms with Crippen molar-refractivity contribution in [1.82, 2.24) is 19.9 Å². The molecule has 1 aliphatic carbocycles. The van der Waals surface area contributed by atoms with Crippen LogP contribution in [0.3, 0.4) is 0 Å². The lowest BCUT2D eigenvalue weighted by Gasteiger charge is -2.34. The maximum Gasteiger partial charge on any atom is 0.310 e. The van der Waals surface area contributed by atoms with Crippen LogP contribution in [-0.2, 0) is 24.4 Å². The van der Waals surface area contributed by atoms with E-state index in [1.54, 1.807) is 12.4 Å². The van der Waals surface area contributed by atoms with Crippen LogP contribution in [0.2, 0.25) is 0 Å². The summed E-state index contributed by atoms with van der Waals surface area (Å²) >= 11 is 0. The number of nitrogens with zero attached hydrogens (tertiary/aromatic N) is 5. The predicted octanol–water partition coefficient (Wildman–Crippen LogP) is 6.15. The third-order valence-electron chi connectivity index (χ3n) is 10.2. The number of carbonyl (C=O) groups is 1. The molecule has 8 nitrogen and oxygen atoms in total. The highest BCUT2D eigenvalue weighted by Gasteiger charge is 2.62. The van der Waals surface area contributed by atoms with E-state index in [2.05, 4.69) is 51.8 Å². The molecule has 3 aliphatic rings. The van der Waals surface area contributed by atoms with Crippen LogP contribution in [0.25, 0.3) is 11.3 Å². The van der Waals surface area contributed by atoms with Gasteiger partial charge in [-0.15, -0.1) is 0 Å². The van der Waals surface area contributed by atoms with Crippen LogP contribution in [0.4, 0.5) is 5.82 Å². The van der Waals surface area contributed by atoms with Crippen molar-refractivity contribution >= 4 is 11.8 Å². The molecule has 0 bridgehead atoms. The first-order chi connectivity index (χ1) is 21.3. The molecule has 0 radical (unpaired) electrons. The maximum absolute atomic E-state index is 11.7. The number of rotatable bonds is 8. The van der Waals surface area contributed by atoms with Gasteiger partial charge in [-0.3, -0.25) is 19.7 Å². The smallest absolute Gasteiger partial charge is 0.310 e. The minimum atomic E-state index is -0.644. The Morgan fingerprint density at radius 3 is 2.73 bits per heavy atom. The Labute approximate surface area is 258 Å². The molecule has 3 atom stereocenters. The van der Waals surface area contributed by atoms with Crippen molar-refractivity contribution < 1.29 is 14.6 Å². The molecule has 4 heterocycles. The molecule has 2 aliphatic heterocycles. The van der Waals surface area contributed by atoms with E-state index in [4.69, 9.17) is 9.72 Å². The number of piperidine rings is 1. The van der Waals surface area contributed by atoms with E-state index in [9.17, 15) is 9.90 Å². The van der Waals surface area contributed by atoms with E-state index in [0.29, 0.717) is 19.6 Å². The van der Waals surface area contributed by atoms with Crippen LogP contribution in [0.5, 0.6) is 5.75 Å². The Kier molecular flexibility index (Phi) is 7.33. The number of carboxylic acid groups (broad SMARTS) is 1. The van der Waals surface area contributed by atoms with Gasteiger partial charge in [0.25, 0.3) is 0 Å². The van der Waals surface area contributed by atoms with Gasteiger partial charge in [-0.1, -0.05) is 30.3 Å². The minimum absolute atomic E-state index is 0.212. The number of benzene rings is 2. The van der Waals surface area contributed by atoms with Crippen LogP contribution in [-0.4, -0.2) is 50.6 Å². The molecule has 4 aromatic rings. The Bertz CT molecular complexity index is 1720. The van der Waals surface area contributed by atoms with Gasteiger partial charge in [0, 0.05) is 44.1 Å². The van der Waals surface area contributed by atoms with Crippen molar-refractivity contribution in [2.24, 2.45) is 11.3 Å². The van der Waals surface area contributed by atoms with Crippen LogP contribution < -0.4 is 9.64 Å². The van der Waals surface area contributed by atoms with Gasteiger partial charge in [0.05, 0.1) is 28.5 Å². The van der Waals surface area contributed by atoms with Gasteiger partial charge in [0.1, 0.15) is 18.2 Å². The van der Waals surface area contributed by atoms with Crippen molar-refractivity contribution in [2.75, 3.05) is 24.5 Å². The summed E-state index contributed by atoms with van der Waals surface area (Å²) < 4.78 is 6.48. The fourth-order valence-electron chi connectivity index (χ4n) is 7.30. The SMILES string of the molecule is Cc1nccnc1C(C)N1CCc2c(ccc(COc3ccccc3-c3cccc(N4CC[C@@]5(C(=O)O)C[C@H]5C4)n3)c2C)C1. The molecule has 1 saturated heterocycles. The van der Waals surface area contributed by atoms with Crippen molar-refractivity contribution in [2.45, 2.75) is 59.2 Å². The van der Waals surface area contributed by atoms with Gasteiger partial charge in [0.15, 0.2) is 0 Å². The average Bonchev–Trinajstić information content (AvgIpc) is 3.80. The number of pyridine rings is 1. The molecule has 2 aromatic heterocycles. The first kappa shape index (κ1) is 28.5. The number of anilines is 1. The van der Waals surface area contributed by atoms with E-state index >= 15 is 0 Å². The second-order valence-electron chi connectivity index (χ2n) is 12.6. The lowest BCUT2D eigenvalue weighted by atomic mass is 9.91. The van der Waals surface area contributed by atoms with Gasteiger partial charge in [-0.2, -0.15) is 0 Å². The molecule has 1 saturated carbocycles. The number of hydrogen-bond donors (Lipinski definition) is 1. The predicted molar refractivity (Wildman–Crippen MR) is 169 cm³/mol. The largest absolute Gasteiger partial charge is 0.488 e. The Morgan fingerprint density at radius 2 is 1.91 bits per heavy atom. The summed E-state index contributed by atoms with van der Waals surface area (Å²) in [6.07, 6.45) is 5.99. The van der Waals surface area contributed by atoms with E-state index in [1.165, 1.54) is 22.3 Å². The fourth-order valence-corrected chi connectivity index (χ4v) is 7.30. The van der Waals surface area contributed by atoms with Crippen molar-refractivity contribution in [1.29, 1.82) is 0 Å². The number of hydrogen-bond acceptors (Lipinski definition) is 7. The van der Waals surface area contributed by atoms with E-state index < -0.39 is 11.4 Å². The molecular weight excluding hydrogens is 550 g/mol. The second-order valence-corrected chi connectivity index (χ2v) is 12.6. The Balaban J connectivity index is 1.05. The van der Waals surface area contributed by atoms with Gasteiger partial charge in [-0.25, -0.2) is 4.98 Å². The van der Waals surface area contributed by atoms with Crippen molar-refractivity contribution in [3.05, 3.63) is 101 Å². The zero-order valence-corrected chi connectivity index (χ0v) is 25.7. The monoisotopic (exact) mass is 589 g/mol. The highest BCUT2D eigenvalue weighted by molar-refractivity contribution is 5.79. The Morgan fingerprint density at radius 1 is 1.07 bits per heavy atom. The van der Waals surface area contributed by atoms with E-state index in [1.807, 2.05) is 43.3 Å². The van der Waals surface area contributed by atoms with Gasteiger partial charge < -0.3 is 14.7 Å². The first-order valence-electron chi connectivity index (χ1n) is 15.6. The molecule has 226 valence electrons. The number of para-hydroxylation sites is 1. The molecule has 8 heteroatoms. The molecule has 0 amide bonds. The fraction of sp³-hybridized carbons (Fsp3) is 0.389. The zero-order valence-electron chi connectivity index (χ0n) is 25.7. The molecule has 2 fully saturated rings. The number of carboxylic acids is 1. The van der Waals surface area contributed by atoms with Crippen LogP contribution in [0, 0.1) is 25.2 Å². The zero-order chi connectivity index (χ0) is 30.4. The minimum Gasteiger partial charge on any atom is -0.488 e. The van der Waals surface area contributed by atoms with Crippen LogP contribution >= 0.6 is 0 Å². The standard InChI is InChI=1S/C36H39N5O3/c1-23-27(12-11-26-20-40(17-13-29(23)26)25(3)34-24(2)37-15-16-38-34)22-44-32-9-5-4-7-30(32)31-8-6-10-33(39-31)41-18-14-36(35(42)43)19-28(36)21-41/h4-12,15-16,25,28H,13-14,17-22H2,1-3H3,(H,42,43)/t25?,28-,36+/m0/s1. The lowest BCUT2D eigenvalue weighted by molar-refractivity contribution is -0.144. The normalized spacial score (nSPS) is 21.7. The summed E-state index contributed by atoms with van der Waals surface area (Å²) in [5.74, 6) is 1.27. The number of aryl methyl sites for hydroxylation is 1. The van der Waals surface area contributed by atoms with E-state index in [0.717, 1.165) is 66.7 Å². The van der Waals surface area contributed by atoms with Crippen LogP contribution in [0.1, 0.15) is 59.4 Å². The third-order valence-corrected chi connectivity index (χ3v) is 10.2. The summed E-state index contributed by atoms with van der Waals surface area (Å²) in [6.45, 7) is 10.3. The lowest BCUT2D eigenvalue weighted by Crippen LogP contribution is -2.38. The molecule has 1 unspecified atom stereocenters. The molecule has 0 spiro atoms. The molecular formula is C36H39N5O3. The van der Waals surface area contributed by atoms with Gasteiger partial charge in [-0.05, 0) is 92.5 Å². The maximum atomic E-state index is 11.7. The van der Waals surface area contributed by atoms with Crippen molar-refractivity contribution in [3.8, 4) is 17.0 Å². The third kappa shape index (κ3) is 5.11. The molecule has 7 rings (SSSR count). The summed E-state index contributed by atoms with van der Waals surface area (Å²) in [5, 5.41) is 9.65. The summed E-state index contributed by atoms with van der Waals surface area (Å²) in [7, 11) is 0. The Hall–Kier alpha value is -4.30. The average molecular weight is 590 g/mol. The first-order valence-corrected chi connectivity index (χ1v) is 15.6. The van der Waals surface area contributed by atoms with Gasteiger partial charge >= 0.3 is 5.97 Å². The summed E-state index contributed by atoms with van der Waals surface area (Å²) in [6, 6.07) is 18.8. The molecule has 2 aromatic carbocycles. The van der Waals surface area contributed by atoms with E-state index in [-0.39, 0.29) is 12.0 Å².